The maximum absolute atomic E-state index is 4.65. The third kappa shape index (κ3) is 2.83. The van der Waals surface area contributed by atoms with Crippen molar-refractivity contribution in [1.82, 2.24) is 0 Å². The van der Waals surface area contributed by atoms with E-state index in [0.29, 0.717) is 5.92 Å². The average molecular weight is 248 g/mol. The first-order chi connectivity index (χ1) is 7.99. The molecule has 0 radical (unpaired) electrons. The van der Waals surface area contributed by atoms with E-state index in [0.717, 1.165) is 18.8 Å². The van der Waals surface area contributed by atoms with Crippen LogP contribution >= 0.6 is 11.3 Å². The Morgan fingerprint density at radius 2 is 2.18 bits per heavy atom. The number of amidine groups is 1. The van der Waals surface area contributed by atoms with Crippen LogP contribution in [-0.2, 0) is 5.41 Å². The minimum atomic E-state index is 0.176. The van der Waals surface area contributed by atoms with Gasteiger partial charge in [0.25, 0.3) is 0 Å². The summed E-state index contributed by atoms with van der Waals surface area (Å²) in [7, 11) is 0. The fourth-order valence-corrected chi connectivity index (χ4v) is 2.93. The van der Waals surface area contributed by atoms with Crippen molar-refractivity contribution in [1.29, 1.82) is 0 Å². The lowest BCUT2D eigenvalue weighted by Gasteiger charge is -2.22. The van der Waals surface area contributed by atoms with Gasteiger partial charge in [-0.2, -0.15) is 0 Å². The Labute approximate surface area is 108 Å². The van der Waals surface area contributed by atoms with Crippen molar-refractivity contribution in [2.45, 2.75) is 39.5 Å². The molecule has 0 atom stereocenters. The van der Waals surface area contributed by atoms with Crippen molar-refractivity contribution < 1.29 is 0 Å². The molecule has 17 heavy (non-hydrogen) atoms. The zero-order chi connectivity index (χ0) is 12.5. The van der Waals surface area contributed by atoms with Gasteiger partial charge in [-0.15, -0.1) is 11.3 Å². The molecule has 92 valence electrons. The minimum absolute atomic E-state index is 0.176. The Hall–Kier alpha value is -0.960. The summed E-state index contributed by atoms with van der Waals surface area (Å²) in [4.78, 5) is 10.6. The summed E-state index contributed by atoms with van der Waals surface area (Å²) < 4.78 is 0. The highest BCUT2D eigenvalue weighted by Gasteiger charge is 2.25. The zero-order valence-electron chi connectivity index (χ0n) is 11.0. The van der Waals surface area contributed by atoms with Crippen LogP contribution in [0.5, 0.6) is 0 Å². The van der Waals surface area contributed by atoms with E-state index in [1.807, 2.05) is 11.3 Å². The Morgan fingerprint density at radius 3 is 2.71 bits per heavy atom. The molecule has 0 N–H and O–H groups in total. The van der Waals surface area contributed by atoms with E-state index in [1.54, 1.807) is 0 Å². The van der Waals surface area contributed by atoms with Gasteiger partial charge in [0.05, 0.1) is 6.54 Å². The van der Waals surface area contributed by atoms with Crippen molar-refractivity contribution in [3.63, 3.8) is 0 Å². The van der Waals surface area contributed by atoms with Gasteiger partial charge in [-0.25, -0.2) is 4.99 Å². The van der Waals surface area contributed by atoms with Crippen LogP contribution in [0.2, 0.25) is 0 Å². The van der Waals surface area contributed by atoms with Crippen molar-refractivity contribution >= 4 is 22.9 Å². The summed E-state index contributed by atoms with van der Waals surface area (Å²) >= 11 is 1.83. The van der Waals surface area contributed by atoms with Gasteiger partial charge in [0.15, 0.2) is 0 Å². The highest BCUT2D eigenvalue weighted by molar-refractivity contribution is 7.10. The molecule has 3 heteroatoms. The lowest BCUT2D eigenvalue weighted by Crippen LogP contribution is -2.21. The standard InChI is InChI=1S/C14H20N2S/c1-10(2)13-15-9-11(16-13)8-14(3,4)12-6-5-7-17-12/h5-7,10H,8-9H2,1-4H3. The third-order valence-electron chi connectivity index (χ3n) is 3.05. The van der Waals surface area contributed by atoms with Gasteiger partial charge in [-0.3, -0.25) is 4.99 Å². The summed E-state index contributed by atoms with van der Waals surface area (Å²) in [5, 5.41) is 2.14. The predicted molar refractivity (Wildman–Crippen MR) is 76.5 cm³/mol. The summed E-state index contributed by atoms with van der Waals surface area (Å²) in [5.41, 5.74) is 1.40. The number of nitrogens with zero attached hydrogens (tertiary/aromatic N) is 2. The van der Waals surface area contributed by atoms with Crippen LogP contribution in [0.25, 0.3) is 0 Å². The lowest BCUT2D eigenvalue weighted by molar-refractivity contribution is 0.560. The van der Waals surface area contributed by atoms with E-state index >= 15 is 0 Å². The number of rotatable bonds is 4. The zero-order valence-corrected chi connectivity index (χ0v) is 11.8. The van der Waals surface area contributed by atoms with Gasteiger partial charge in [-0.1, -0.05) is 33.8 Å². The maximum Gasteiger partial charge on any atom is 0.126 e. The van der Waals surface area contributed by atoms with Crippen LogP contribution in [0.15, 0.2) is 27.5 Å². The Bertz CT molecular complexity index is 439. The molecule has 2 heterocycles. The molecule has 0 unspecified atom stereocenters. The second kappa shape index (κ2) is 4.73. The Kier molecular flexibility index (Phi) is 3.48. The van der Waals surface area contributed by atoms with Crippen LogP contribution in [-0.4, -0.2) is 18.1 Å². The van der Waals surface area contributed by atoms with Gasteiger partial charge in [0, 0.05) is 21.9 Å². The molecule has 2 nitrogen and oxygen atoms in total. The molecule has 0 fully saturated rings. The second-order valence-corrected chi connectivity index (χ2v) is 6.49. The smallest absolute Gasteiger partial charge is 0.126 e. The number of aliphatic imine (C=N–C) groups is 2. The predicted octanol–water partition coefficient (Wildman–Crippen LogP) is 3.92. The van der Waals surface area contributed by atoms with Crippen LogP contribution < -0.4 is 0 Å². The first-order valence-electron chi connectivity index (χ1n) is 6.14. The summed E-state index contributed by atoms with van der Waals surface area (Å²) in [6, 6.07) is 4.33. The molecule has 0 bridgehead atoms. The molecular formula is C14H20N2S. The van der Waals surface area contributed by atoms with Crippen molar-refractivity contribution in [3.05, 3.63) is 22.4 Å². The van der Waals surface area contributed by atoms with Crippen LogP contribution in [0, 0.1) is 5.92 Å². The van der Waals surface area contributed by atoms with Gasteiger partial charge in [0.2, 0.25) is 0 Å². The van der Waals surface area contributed by atoms with Crippen LogP contribution in [0.3, 0.4) is 0 Å². The van der Waals surface area contributed by atoms with Gasteiger partial charge in [-0.05, 0) is 17.9 Å². The largest absolute Gasteiger partial charge is 0.264 e. The Morgan fingerprint density at radius 1 is 1.41 bits per heavy atom. The quantitative estimate of drug-likeness (QED) is 0.771. The van der Waals surface area contributed by atoms with Crippen LogP contribution in [0.4, 0.5) is 0 Å². The molecule has 0 aromatic carbocycles. The van der Waals surface area contributed by atoms with E-state index in [1.165, 1.54) is 10.6 Å². The number of hydrogen-bond donors (Lipinski definition) is 0. The normalized spacial score (nSPS) is 16.3. The SMILES string of the molecule is CC(C)C1=NCC(CC(C)(C)c2cccs2)=N1. The van der Waals surface area contributed by atoms with Crippen molar-refractivity contribution in [2.24, 2.45) is 15.9 Å². The molecule has 1 aliphatic rings. The Balaban J connectivity index is 2.06. The maximum atomic E-state index is 4.65. The van der Waals surface area contributed by atoms with Crippen molar-refractivity contribution in [2.75, 3.05) is 6.54 Å². The monoisotopic (exact) mass is 248 g/mol. The second-order valence-electron chi connectivity index (χ2n) is 5.55. The fraction of sp³-hybridized carbons (Fsp3) is 0.571. The van der Waals surface area contributed by atoms with E-state index in [-0.39, 0.29) is 5.41 Å². The molecule has 0 amide bonds. The van der Waals surface area contributed by atoms with Gasteiger partial charge in [0.1, 0.15) is 5.84 Å². The summed E-state index contributed by atoms with van der Waals surface area (Å²) in [5.74, 6) is 1.46. The summed E-state index contributed by atoms with van der Waals surface area (Å²) in [6.07, 6.45) is 1.01. The van der Waals surface area contributed by atoms with E-state index in [9.17, 15) is 0 Å². The van der Waals surface area contributed by atoms with Crippen molar-refractivity contribution in [3.8, 4) is 0 Å². The highest BCUT2D eigenvalue weighted by Crippen LogP contribution is 2.31. The molecule has 1 aliphatic heterocycles. The molecule has 1 aromatic rings. The molecule has 1 aromatic heterocycles. The van der Waals surface area contributed by atoms with E-state index < -0.39 is 0 Å². The van der Waals surface area contributed by atoms with E-state index in [4.69, 9.17) is 0 Å². The van der Waals surface area contributed by atoms with Crippen LogP contribution in [0.1, 0.15) is 39.0 Å². The molecule has 0 spiro atoms. The third-order valence-corrected chi connectivity index (χ3v) is 4.28. The molecule has 0 saturated carbocycles. The van der Waals surface area contributed by atoms with E-state index in [2.05, 4.69) is 55.2 Å². The molecular weight excluding hydrogens is 228 g/mol. The van der Waals surface area contributed by atoms with Gasteiger partial charge >= 0.3 is 0 Å². The number of hydrogen-bond acceptors (Lipinski definition) is 3. The minimum Gasteiger partial charge on any atom is -0.264 e. The van der Waals surface area contributed by atoms with Gasteiger partial charge < -0.3 is 0 Å². The highest BCUT2D eigenvalue weighted by atomic mass is 32.1. The fourth-order valence-electron chi connectivity index (χ4n) is 2.07. The average Bonchev–Trinajstić information content (AvgIpc) is 2.85. The molecule has 0 saturated heterocycles. The first kappa shape index (κ1) is 12.5. The topological polar surface area (TPSA) is 24.7 Å². The first-order valence-corrected chi connectivity index (χ1v) is 7.02. The molecule has 0 aliphatic carbocycles. The molecule has 2 rings (SSSR count). The number of thiophene rings is 1. The summed E-state index contributed by atoms with van der Waals surface area (Å²) in [6.45, 7) is 9.66. The lowest BCUT2D eigenvalue weighted by atomic mass is 9.85.